The molecule has 0 saturated carbocycles. The molecule has 7 N–H and O–H groups in total. The van der Waals surface area contributed by atoms with Crippen molar-refractivity contribution in [3.05, 3.63) is 36.0 Å². The molecule has 10 nitrogen and oxygen atoms in total. The van der Waals surface area contributed by atoms with Gasteiger partial charge in [0.25, 0.3) is 0 Å². The lowest BCUT2D eigenvalue weighted by atomic mass is 10.0. The number of hydrogen-bond donors (Lipinski definition) is 7. The van der Waals surface area contributed by atoms with Crippen LogP contribution in [0.4, 0.5) is 0 Å². The van der Waals surface area contributed by atoms with E-state index in [0.717, 1.165) is 16.5 Å². The molecular formula is C18H22N4O6S. The van der Waals surface area contributed by atoms with Crippen LogP contribution in [0.5, 0.6) is 0 Å². The number of carbonyl (C=O) groups excluding carboxylic acids is 2. The SMILES string of the molecule is NC(Cc1c[nH]c2ccccc12)C(=O)NC(CS)C(=O)NC(CC(=O)O)C(=O)O. The summed E-state index contributed by atoms with van der Waals surface area (Å²) in [4.78, 5) is 49.6. The van der Waals surface area contributed by atoms with Crippen LogP contribution < -0.4 is 16.4 Å². The van der Waals surface area contributed by atoms with Gasteiger partial charge in [-0.05, 0) is 18.1 Å². The molecule has 1 aromatic carbocycles. The largest absolute Gasteiger partial charge is 0.481 e. The number of amides is 2. The molecule has 29 heavy (non-hydrogen) atoms. The lowest BCUT2D eigenvalue weighted by Crippen LogP contribution is -2.55. The van der Waals surface area contributed by atoms with Crippen LogP contribution in [-0.2, 0) is 25.6 Å². The summed E-state index contributed by atoms with van der Waals surface area (Å²) >= 11 is 3.99. The van der Waals surface area contributed by atoms with Crippen molar-refractivity contribution in [1.29, 1.82) is 0 Å². The molecular weight excluding hydrogens is 400 g/mol. The zero-order valence-electron chi connectivity index (χ0n) is 15.3. The Morgan fingerprint density at radius 2 is 1.72 bits per heavy atom. The number of para-hydroxylation sites is 1. The van der Waals surface area contributed by atoms with Crippen LogP contribution in [0.3, 0.4) is 0 Å². The first-order chi connectivity index (χ1) is 13.7. The van der Waals surface area contributed by atoms with Gasteiger partial charge in [-0.15, -0.1) is 0 Å². The predicted octanol–water partition coefficient (Wildman–Crippen LogP) is -0.504. The standard InChI is InChI=1S/C18H22N4O6S/c19-11(5-9-7-20-12-4-2-1-3-10(9)12)16(25)22-14(8-29)17(26)21-13(18(27)28)6-15(23)24/h1-4,7,11,13-14,20,29H,5-6,8,19H2,(H,21,26)(H,22,25)(H,23,24)(H,27,28). The average molecular weight is 422 g/mol. The van der Waals surface area contributed by atoms with Crippen LogP contribution in [0.25, 0.3) is 10.9 Å². The maximum absolute atomic E-state index is 12.4. The summed E-state index contributed by atoms with van der Waals surface area (Å²) in [6.07, 6.45) is 1.17. The number of benzene rings is 1. The number of H-pyrrole nitrogens is 1. The van der Waals surface area contributed by atoms with E-state index in [-0.39, 0.29) is 12.2 Å². The smallest absolute Gasteiger partial charge is 0.326 e. The Morgan fingerprint density at radius 1 is 1.07 bits per heavy atom. The number of thiol groups is 1. The van der Waals surface area contributed by atoms with Crippen LogP contribution in [0.15, 0.2) is 30.5 Å². The number of hydrogen-bond acceptors (Lipinski definition) is 6. The fourth-order valence-corrected chi connectivity index (χ4v) is 3.01. The second-order valence-corrected chi connectivity index (χ2v) is 6.78. The second-order valence-electron chi connectivity index (χ2n) is 6.41. The molecule has 2 amide bonds. The number of fused-ring (bicyclic) bond motifs is 1. The van der Waals surface area contributed by atoms with Crippen LogP contribution >= 0.6 is 12.6 Å². The van der Waals surface area contributed by atoms with Gasteiger partial charge in [0.05, 0.1) is 12.5 Å². The Bertz CT molecular complexity index is 915. The molecule has 156 valence electrons. The summed E-state index contributed by atoms with van der Waals surface area (Å²) in [5.74, 6) is -4.49. The van der Waals surface area contributed by atoms with Crippen molar-refractivity contribution < 1.29 is 29.4 Å². The molecule has 1 aromatic heterocycles. The third-order valence-corrected chi connectivity index (χ3v) is 4.63. The van der Waals surface area contributed by atoms with Gasteiger partial charge in [-0.25, -0.2) is 4.79 Å². The molecule has 0 saturated heterocycles. The summed E-state index contributed by atoms with van der Waals surface area (Å²) in [6, 6.07) is 3.77. The van der Waals surface area contributed by atoms with Crippen molar-refractivity contribution in [2.45, 2.75) is 31.0 Å². The topological polar surface area (TPSA) is 175 Å². The predicted molar refractivity (Wildman–Crippen MR) is 108 cm³/mol. The molecule has 3 atom stereocenters. The quantitative estimate of drug-likeness (QED) is 0.252. The number of carbonyl (C=O) groups is 4. The highest BCUT2D eigenvalue weighted by Gasteiger charge is 2.28. The number of nitrogens with one attached hydrogen (secondary N) is 3. The molecule has 0 radical (unpaired) electrons. The first-order valence-electron chi connectivity index (χ1n) is 8.69. The van der Waals surface area contributed by atoms with Gasteiger partial charge in [-0.3, -0.25) is 14.4 Å². The normalized spacial score (nSPS) is 14.0. The monoisotopic (exact) mass is 422 g/mol. The van der Waals surface area contributed by atoms with Gasteiger partial charge < -0.3 is 31.6 Å². The van der Waals surface area contributed by atoms with Gasteiger partial charge in [-0.1, -0.05) is 18.2 Å². The number of nitrogens with two attached hydrogens (primary N) is 1. The van der Waals surface area contributed by atoms with E-state index >= 15 is 0 Å². The minimum atomic E-state index is -1.63. The maximum atomic E-state index is 12.4. The molecule has 0 spiro atoms. The van der Waals surface area contributed by atoms with Gasteiger partial charge in [-0.2, -0.15) is 12.6 Å². The van der Waals surface area contributed by atoms with E-state index in [4.69, 9.17) is 15.9 Å². The highest BCUT2D eigenvalue weighted by atomic mass is 32.1. The van der Waals surface area contributed by atoms with Crippen molar-refractivity contribution >= 4 is 47.3 Å². The van der Waals surface area contributed by atoms with Crippen LogP contribution in [-0.4, -0.2) is 62.8 Å². The van der Waals surface area contributed by atoms with Crippen molar-refractivity contribution in [3.8, 4) is 0 Å². The molecule has 3 unspecified atom stereocenters. The van der Waals surface area contributed by atoms with E-state index in [9.17, 15) is 19.2 Å². The van der Waals surface area contributed by atoms with Gasteiger partial charge in [0.1, 0.15) is 12.1 Å². The molecule has 1 heterocycles. The summed E-state index contributed by atoms with van der Waals surface area (Å²) in [5.41, 5.74) is 7.70. The van der Waals surface area contributed by atoms with Crippen LogP contribution in [0, 0.1) is 0 Å². The highest BCUT2D eigenvalue weighted by molar-refractivity contribution is 7.80. The first-order valence-corrected chi connectivity index (χ1v) is 9.33. The van der Waals surface area contributed by atoms with Crippen molar-refractivity contribution in [1.82, 2.24) is 15.6 Å². The number of rotatable bonds is 10. The molecule has 0 fully saturated rings. The van der Waals surface area contributed by atoms with Gasteiger partial charge in [0.2, 0.25) is 11.8 Å². The minimum absolute atomic E-state index is 0.128. The Morgan fingerprint density at radius 3 is 2.34 bits per heavy atom. The lowest BCUT2D eigenvalue weighted by Gasteiger charge is -2.21. The molecule has 0 aliphatic rings. The fourth-order valence-electron chi connectivity index (χ4n) is 2.75. The fraction of sp³-hybridized carbons (Fsp3) is 0.333. The zero-order valence-corrected chi connectivity index (χ0v) is 16.2. The van der Waals surface area contributed by atoms with Crippen molar-refractivity contribution in [2.24, 2.45) is 5.73 Å². The molecule has 0 aliphatic carbocycles. The molecule has 0 bridgehead atoms. The molecule has 0 aliphatic heterocycles. The number of aromatic amines is 1. The summed E-state index contributed by atoms with van der Waals surface area (Å²) in [7, 11) is 0. The first kappa shape index (κ1) is 22.2. The van der Waals surface area contributed by atoms with E-state index in [1.807, 2.05) is 24.3 Å². The van der Waals surface area contributed by atoms with E-state index < -0.39 is 48.3 Å². The molecule has 11 heteroatoms. The van der Waals surface area contributed by atoms with Gasteiger partial charge in [0.15, 0.2) is 0 Å². The number of carboxylic acids is 2. The third-order valence-electron chi connectivity index (χ3n) is 4.26. The van der Waals surface area contributed by atoms with Crippen LogP contribution in [0.2, 0.25) is 0 Å². The summed E-state index contributed by atoms with van der Waals surface area (Å²) in [5, 5.41) is 23.2. The van der Waals surface area contributed by atoms with Crippen molar-refractivity contribution in [2.75, 3.05) is 5.75 Å². The summed E-state index contributed by atoms with van der Waals surface area (Å²) in [6.45, 7) is 0. The Balaban J connectivity index is 1.99. The highest BCUT2D eigenvalue weighted by Crippen LogP contribution is 2.18. The Hall–Kier alpha value is -3.05. The van der Waals surface area contributed by atoms with Gasteiger partial charge >= 0.3 is 11.9 Å². The average Bonchev–Trinajstić information content (AvgIpc) is 3.07. The minimum Gasteiger partial charge on any atom is -0.481 e. The molecule has 2 aromatic rings. The van der Waals surface area contributed by atoms with E-state index in [0.29, 0.717) is 0 Å². The summed E-state index contributed by atoms with van der Waals surface area (Å²) < 4.78 is 0. The van der Waals surface area contributed by atoms with E-state index in [1.165, 1.54) is 0 Å². The second kappa shape index (κ2) is 9.94. The third kappa shape index (κ3) is 5.96. The number of aliphatic carboxylic acids is 2. The molecule has 2 rings (SSSR count). The lowest BCUT2D eigenvalue weighted by molar-refractivity contribution is -0.147. The maximum Gasteiger partial charge on any atom is 0.326 e. The van der Waals surface area contributed by atoms with Gasteiger partial charge in [0, 0.05) is 22.9 Å². The van der Waals surface area contributed by atoms with E-state index in [2.05, 4.69) is 28.2 Å². The number of carboxylic acid groups (broad SMARTS) is 2. The number of aromatic nitrogens is 1. The Kier molecular flexibility index (Phi) is 7.62. The zero-order chi connectivity index (χ0) is 21.6. The van der Waals surface area contributed by atoms with Crippen LogP contribution in [0.1, 0.15) is 12.0 Å². The Labute approximate surface area is 171 Å². The van der Waals surface area contributed by atoms with E-state index in [1.54, 1.807) is 6.20 Å². The van der Waals surface area contributed by atoms with Crippen molar-refractivity contribution in [3.63, 3.8) is 0 Å².